The molecule has 0 aromatic heterocycles. The monoisotopic (exact) mass is 425 g/mol. The van der Waals surface area contributed by atoms with Crippen molar-refractivity contribution in [2.45, 2.75) is 0 Å². The van der Waals surface area contributed by atoms with Crippen LogP contribution in [0.4, 0.5) is 0 Å². The van der Waals surface area contributed by atoms with Gasteiger partial charge in [0.2, 0.25) is 0 Å². The van der Waals surface area contributed by atoms with E-state index in [4.69, 9.17) is 0 Å². The Kier molecular flexibility index (Phi) is 5.83. The van der Waals surface area contributed by atoms with Gasteiger partial charge < -0.3 is 10.4 Å². The number of carbonyl (C=O) groups excluding carboxylic acids is 2. The molecular formula is C20H16BrN3O3. The van der Waals surface area contributed by atoms with Crippen molar-refractivity contribution in [2.24, 2.45) is 5.10 Å². The van der Waals surface area contributed by atoms with Crippen LogP contribution in [0.3, 0.4) is 0 Å². The van der Waals surface area contributed by atoms with E-state index in [1.807, 2.05) is 30.3 Å². The van der Waals surface area contributed by atoms with Gasteiger partial charge in [0.15, 0.2) is 0 Å². The summed E-state index contributed by atoms with van der Waals surface area (Å²) in [5.41, 5.74) is 3.26. The molecule has 0 saturated carbocycles. The number of hydrazone groups is 1. The molecule has 0 bridgehead atoms. The largest absolute Gasteiger partial charge is 0.507 e. The van der Waals surface area contributed by atoms with Gasteiger partial charge in [-0.15, -0.1) is 0 Å². The maximum Gasteiger partial charge on any atom is 0.259 e. The lowest BCUT2D eigenvalue weighted by molar-refractivity contribution is -0.120. The second-order valence-corrected chi connectivity index (χ2v) is 6.62. The van der Waals surface area contributed by atoms with Crippen molar-refractivity contribution in [3.05, 3.63) is 76.3 Å². The molecule has 0 atom stereocenters. The van der Waals surface area contributed by atoms with Crippen molar-refractivity contribution in [3.8, 4) is 5.75 Å². The van der Waals surface area contributed by atoms with Gasteiger partial charge in [0.25, 0.3) is 11.8 Å². The number of fused-ring (bicyclic) bond motifs is 1. The van der Waals surface area contributed by atoms with Crippen molar-refractivity contribution in [1.82, 2.24) is 10.7 Å². The average molecular weight is 426 g/mol. The summed E-state index contributed by atoms with van der Waals surface area (Å²) in [6.07, 6.45) is 1.32. The Balaban J connectivity index is 1.58. The van der Waals surface area contributed by atoms with E-state index in [1.165, 1.54) is 12.3 Å². The molecule has 2 amide bonds. The summed E-state index contributed by atoms with van der Waals surface area (Å²) in [7, 11) is 0. The molecule has 3 aromatic carbocycles. The first-order chi connectivity index (χ1) is 13.0. The highest BCUT2D eigenvalue weighted by Gasteiger charge is 2.10. The van der Waals surface area contributed by atoms with Crippen LogP contribution in [0.1, 0.15) is 15.9 Å². The standard InChI is InChI=1S/C20H16BrN3O3/c21-15-8-9-18(25)14(10-15)11-23-24-19(26)12-22-20(27)17-7-3-5-13-4-1-2-6-16(13)17/h1-11,25H,12H2,(H,22,27)(H,24,26). The summed E-state index contributed by atoms with van der Waals surface area (Å²) in [5.74, 6) is -0.773. The Bertz CT molecular complexity index is 1030. The minimum atomic E-state index is -0.477. The van der Waals surface area contributed by atoms with Crippen LogP contribution in [0, 0.1) is 0 Å². The lowest BCUT2D eigenvalue weighted by Crippen LogP contribution is -2.35. The fourth-order valence-corrected chi connectivity index (χ4v) is 2.90. The van der Waals surface area contributed by atoms with Crippen molar-refractivity contribution >= 4 is 44.7 Å². The maximum atomic E-state index is 12.4. The number of carbonyl (C=O) groups is 2. The van der Waals surface area contributed by atoms with Gasteiger partial charge in [-0.1, -0.05) is 52.3 Å². The van der Waals surface area contributed by atoms with Crippen LogP contribution < -0.4 is 10.7 Å². The van der Waals surface area contributed by atoms with E-state index in [9.17, 15) is 14.7 Å². The van der Waals surface area contributed by atoms with Gasteiger partial charge in [-0.05, 0) is 35.0 Å². The van der Waals surface area contributed by atoms with Crippen molar-refractivity contribution in [2.75, 3.05) is 6.54 Å². The van der Waals surface area contributed by atoms with Gasteiger partial charge in [0.1, 0.15) is 5.75 Å². The molecule has 136 valence electrons. The molecular weight excluding hydrogens is 410 g/mol. The fourth-order valence-electron chi connectivity index (χ4n) is 2.52. The van der Waals surface area contributed by atoms with E-state index in [2.05, 4.69) is 31.8 Å². The van der Waals surface area contributed by atoms with Crippen molar-refractivity contribution < 1.29 is 14.7 Å². The molecule has 0 fully saturated rings. The first-order valence-corrected chi connectivity index (χ1v) is 8.90. The Morgan fingerprint density at radius 1 is 1.07 bits per heavy atom. The molecule has 0 heterocycles. The number of halogens is 1. The minimum absolute atomic E-state index is 0.0421. The zero-order valence-electron chi connectivity index (χ0n) is 14.1. The van der Waals surface area contributed by atoms with Crippen LogP contribution in [0.15, 0.2) is 70.2 Å². The van der Waals surface area contributed by atoms with Crippen LogP contribution in [0.5, 0.6) is 5.75 Å². The van der Waals surface area contributed by atoms with E-state index < -0.39 is 5.91 Å². The molecule has 3 N–H and O–H groups in total. The molecule has 0 aliphatic carbocycles. The molecule has 6 nitrogen and oxygen atoms in total. The average Bonchev–Trinajstić information content (AvgIpc) is 2.68. The van der Waals surface area contributed by atoms with Gasteiger partial charge >= 0.3 is 0 Å². The number of benzene rings is 3. The molecule has 0 radical (unpaired) electrons. The molecule has 0 spiro atoms. The number of nitrogens with one attached hydrogen (secondary N) is 2. The van der Waals surface area contributed by atoms with E-state index in [-0.39, 0.29) is 18.2 Å². The number of hydrogen-bond donors (Lipinski definition) is 3. The zero-order chi connectivity index (χ0) is 19.2. The highest BCUT2D eigenvalue weighted by Crippen LogP contribution is 2.20. The third-order valence-corrected chi connectivity index (χ3v) is 4.32. The van der Waals surface area contributed by atoms with Crippen molar-refractivity contribution in [3.63, 3.8) is 0 Å². The number of rotatable bonds is 5. The molecule has 0 aliphatic heterocycles. The van der Waals surface area contributed by atoms with Gasteiger partial charge in [0, 0.05) is 15.6 Å². The quantitative estimate of drug-likeness (QED) is 0.433. The number of amides is 2. The summed E-state index contributed by atoms with van der Waals surface area (Å²) in [6.45, 7) is -0.218. The first-order valence-electron chi connectivity index (χ1n) is 8.11. The number of aromatic hydroxyl groups is 1. The molecule has 0 unspecified atom stereocenters. The Labute approximate surface area is 164 Å². The zero-order valence-corrected chi connectivity index (χ0v) is 15.7. The van der Waals surface area contributed by atoms with Crippen LogP contribution in [-0.4, -0.2) is 29.7 Å². The molecule has 3 aromatic rings. The number of phenols is 1. The third kappa shape index (κ3) is 4.71. The Morgan fingerprint density at radius 3 is 2.70 bits per heavy atom. The molecule has 7 heteroatoms. The van der Waals surface area contributed by atoms with Crippen LogP contribution in [-0.2, 0) is 4.79 Å². The Morgan fingerprint density at radius 2 is 1.85 bits per heavy atom. The van der Waals surface area contributed by atoms with Gasteiger partial charge in [-0.25, -0.2) is 5.43 Å². The molecule has 27 heavy (non-hydrogen) atoms. The van der Waals surface area contributed by atoms with Gasteiger partial charge in [-0.3, -0.25) is 9.59 Å². The number of nitrogens with zero attached hydrogens (tertiary/aromatic N) is 1. The summed E-state index contributed by atoms with van der Waals surface area (Å²) in [4.78, 5) is 24.2. The predicted octanol–water partition coefficient (Wildman–Crippen LogP) is 3.19. The van der Waals surface area contributed by atoms with Crippen LogP contribution >= 0.6 is 15.9 Å². The number of phenolic OH excluding ortho intramolecular Hbond substituents is 1. The Hall–Kier alpha value is -3.19. The maximum absolute atomic E-state index is 12.4. The third-order valence-electron chi connectivity index (χ3n) is 3.83. The lowest BCUT2D eigenvalue weighted by atomic mass is 10.0. The number of hydrogen-bond acceptors (Lipinski definition) is 4. The van der Waals surface area contributed by atoms with Gasteiger partial charge in [-0.2, -0.15) is 5.10 Å². The second kappa shape index (κ2) is 8.46. The normalized spacial score (nSPS) is 10.9. The van der Waals surface area contributed by atoms with E-state index in [0.29, 0.717) is 11.1 Å². The van der Waals surface area contributed by atoms with E-state index >= 15 is 0 Å². The van der Waals surface area contributed by atoms with Crippen LogP contribution in [0.2, 0.25) is 0 Å². The minimum Gasteiger partial charge on any atom is -0.507 e. The van der Waals surface area contributed by atoms with E-state index in [0.717, 1.165) is 15.2 Å². The summed E-state index contributed by atoms with van der Waals surface area (Å²) in [5, 5.41) is 17.8. The van der Waals surface area contributed by atoms with Gasteiger partial charge in [0.05, 0.1) is 12.8 Å². The molecule has 3 rings (SSSR count). The van der Waals surface area contributed by atoms with E-state index in [1.54, 1.807) is 24.3 Å². The topological polar surface area (TPSA) is 90.8 Å². The highest BCUT2D eigenvalue weighted by molar-refractivity contribution is 9.10. The smallest absolute Gasteiger partial charge is 0.259 e. The SMILES string of the molecule is O=C(CNC(=O)c1cccc2ccccc12)NN=Cc1cc(Br)ccc1O. The summed E-state index contributed by atoms with van der Waals surface area (Å²) in [6, 6.07) is 17.8. The van der Waals surface area contributed by atoms with Crippen molar-refractivity contribution in [1.29, 1.82) is 0 Å². The fraction of sp³-hybridized carbons (Fsp3) is 0.0500. The lowest BCUT2D eigenvalue weighted by Gasteiger charge is -2.07. The summed E-state index contributed by atoms with van der Waals surface area (Å²) < 4.78 is 0.774. The first kappa shape index (κ1) is 18.6. The second-order valence-electron chi connectivity index (χ2n) is 5.71. The predicted molar refractivity (Wildman–Crippen MR) is 108 cm³/mol. The summed E-state index contributed by atoms with van der Waals surface area (Å²) >= 11 is 3.29. The highest BCUT2D eigenvalue weighted by atomic mass is 79.9. The molecule has 0 aliphatic rings. The van der Waals surface area contributed by atoms with Crippen LogP contribution in [0.25, 0.3) is 10.8 Å². The molecule has 0 saturated heterocycles.